The summed E-state index contributed by atoms with van der Waals surface area (Å²) in [5.41, 5.74) is 2.06. The van der Waals surface area contributed by atoms with Gasteiger partial charge in [0.25, 0.3) is 5.69 Å². The average Bonchev–Trinajstić information content (AvgIpc) is 2.82. The van der Waals surface area contributed by atoms with Crippen molar-refractivity contribution in [1.29, 1.82) is 0 Å². The van der Waals surface area contributed by atoms with Crippen LogP contribution in [0.5, 0.6) is 0 Å². The number of non-ortho nitro benzene ring substituents is 1. The normalized spacial score (nSPS) is 10.4. The zero-order valence-corrected chi connectivity index (χ0v) is 9.09. The second-order valence-electron chi connectivity index (χ2n) is 3.64. The summed E-state index contributed by atoms with van der Waals surface area (Å²) in [7, 11) is 0. The van der Waals surface area contributed by atoms with Gasteiger partial charge in [0.2, 0.25) is 0 Å². The van der Waals surface area contributed by atoms with E-state index in [1.54, 1.807) is 24.5 Å². The number of benzene rings is 1. The summed E-state index contributed by atoms with van der Waals surface area (Å²) in [5, 5.41) is 20.3. The molecule has 2 rings (SSSR count). The van der Waals surface area contributed by atoms with Crippen LogP contribution in [0.3, 0.4) is 0 Å². The largest absolute Gasteiger partial charge is 0.308 e. The lowest BCUT2D eigenvalue weighted by atomic mass is 10.2. The molecule has 0 atom stereocenters. The Morgan fingerprint density at radius 3 is 2.88 bits per heavy atom. The lowest BCUT2D eigenvalue weighted by molar-refractivity contribution is -0.384. The summed E-state index contributed by atoms with van der Waals surface area (Å²) < 4.78 is 0. The van der Waals surface area contributed by atoms with Crippen LogP contribution in [0.25, 0.3) is 0 Å². The molecule has 0 unspecified atom stereocenters. The van der Waals surface area contributed by atoms with E-state index in [-0.39, 0.29) is 10.6 Å². The second-order valence-corrected chi connectivity index (χ2v) is 3.64. The van der Waals surface area contributed by atoms with Crippen molar-refractivity contribution in [2.45, 2.75) is 13.1 Å². The molecule has 17 heavy (non-hydrogen) atoms. The summed E-state index contributed by atoms with van der Waals surface area (Å²) in [6.45, 7) is 1.27. The Bertz CT molecular complexity index is 496. The number of hydrogen-bond donors (Lipinski definition) is 2. The number of nitrogens with one attached hydrogen (secondary N) is 2. The Labute approximate surface area is 97.8 Å². The molecule has 1 heterocycles. The van der Waals surface area contributed by atoms with E-state index in [4.69, 9.17) is 0 Å². The van der Waals surface area contributed by atoms with Crippen LogP contribution in [0.1, 0.15) is 11.1 Å². The van der Waals surface area contributed by atoms with Crippen LogP contribution >= 0.6 is 0 Å². The number of aromatic amines is 1. The lowest BCUT2D eigenvalue weighted by Gasteiger charge is -2.03. The topological polar surface area (TPSA) is 83.8 Å². The molecule has 6 nitrogen and oxygen atoms in total. The maximum atomic E-state index is 10.6. The molecule has 0 spiro atoms. The highest BCUT2D eigenvalue weighted by Gasteiger charge is 2.05. The summed E-state index contributed by atoms with van der Waals surface area (Å²) in [5.74, 6) is 0. The maximum Gasteiger partial charge on any atom is 0.269 e. The Kier molecular flexibility index (Phi) is 3.46. The third kappa shape index (κ3) is 3.12. The maximum absolute atomic E-state index is 10.6. The molecule has 88 valence electrons. The molecule has 0 saturated carbocycles. The number of rotatable bonds is 5. The first-order chi connectivity index (χ1) is 8.25. The predicted octanol–water partition coefficient (Wildman–Crippen LogP) is 1.61. The molecule has 0 aliphatic carbocycles. The van der Waals surface area contributed by atoms with Gasteiger partial charge in [0.15, 0.2) is 0 Å². The van der Waals surface area contributed by atoms with Crippen LogP contribution in [0.2, 0.25) is 0 Å². The first-order valence-electron chi connectivity index (χ1n) is 5.17. The summed E-state index contributed by atoms with van der Waals surface area (Å²) >= 11 is 0. The SMILES string of the molecule is O=[N+]([O-])c1cccc(CNCc2cn[nH]c2)c1. The third-order valence-electron chi connectivity index (χ3n) is 2.33. The van der Waals surface area contributed by atoms with Gasteiger partial charge < -0.3 is 5.32 Å². The zero-order valence-electron chi connectivity index (χ0n) is 9.09. The first-order valence-corrected chi connectivity index (χ1v) is 5.17. The smallest absolute Gasteiger partial charge is 0.269 e. The molecule has 0 aliphatic heterocycles. The van der Waals surface area contributed by atoms with E-state index in [9.17, 15) is 10.1 Å². The average molecular weight is 232 g/mol. The molecule has 6 heteroatoms. The molecule has 0 radical (unpaired) electrons. The van der Waals surface area contributed by atoms with Gasteiger partial charge in [0, 0.05) is 37.0 Å². The van der Waals surface area contributed by atoms with E-state index in [0.29, 0.717) is 13.1 Å². The highest BCUT2D eigenvalue weighted by atomic mass is 16.6. The minimum absolute atomic E-state index is 0.118. The summed E-state index contributed by atoms with van der Waals surface area (Å²) in [6.07, 6.45) is 3.54. The van der Waals surface area contributed by atoms with Crippen LogP contribution in [0, 0.1) is 10.1 Å². The van der Waals surface area contributed by atoms with E-state index in [1.807, 2.05) is 6.07 Å². The van der Waals surface area contributed by atoms with Gasteiger partial charge in [-0.25, -0.2) is 0 Å². The van der Waals surface area contributed by atoms with Crippen LogP contribution < -0.4 is 5.32 Å². The Hall–Kier alpha value is -2.21. The Morgan fingerprint density at radius 2 is 2.18 bits per heavy atom. The third-order valence-corrected chi connectivity index (χ3v) is 2.33. The molecular formula is C11H12N4O2. The molecule has 2 aromatic rings. The van der Waals surface area contributed by atoms with Crippen LogP contribution in [-0.2, 0) is 13.1 Å². The highest BCUT2D eigenvalue weighted by Crippen LogP contribution is 2.12. The van der Waals surface area contributed by atoms with Crippen molar-refractivity contribution in [2.75, 3.05) is 0 Å². The van der Waals surface area contributed by atoms with Crippen molar-refractivity contribution in [3.63, 3.8) is 0 Å². The summed E-state index contributed by atoms with van der Waals surface area (Å²) in [4.78, 5) is 10.2. The van der Waals surface area contributed by atoms with Gasteiger partial charge in [-0.3, -0.25) is 15.2 Å². The predicted molar refractivity (Wildman–Crippen MR) is 62.2 cm³/mol. The van der Waals surface area contributed by atoms with Crippen molar-refractivity contribution in [2.24, 2.45) is 0 Å². The minimum Gasteiger partial charge on any atom is -0.308 e. The molecule has 0 amide bonds. The van der Waals surface area contributed by atoms with Crippen LogP contribution in [0.15, 0.2) is 36.7 Å². The molecule has 0 fully saturated rings. The monoisotopic (exact) mass is 232 g/mol. The van der Waals surface area contributed by atoms with Crippen molar-refractivity contribution >= 4 is 5.69 Å². The molecule has 2 N–H and O–H groups in total. The number of nitro benzene ring substituents is 1. The van der Waals surface area contributed by atoms with Gasteiger partial charge >= 0.3 is 0 Å². The van der Waals surface area contributed by atoms with Gasteiger partial charge in [-0.05, 0) is 5.56 Å². The number of nitrogens with zero attached hydrogens (tertiary/aromatic N) is 2. The van der Waals surface area contributed by atoms with Gasteiger partial charge in [0.1, 0.15) is 0 Å². The van der Waals surface area contributed by atoms with Crippen molar-refractivity contribution in [1.82, 2.24) is 15.5 Å². The fraction of sp³-hybridized carbons (Fsp3) is 0.182. The van der Waals surface area contributed by atoms with Crippen molar-refractivity contribution in [3.8, 4) is 0 Å². The first kappa shape index (κ1) is 11.3. The number of hydrogen-bond acceptors (Lipinski definition) is 4. The van der Waals surface area contributed by atoms with Crippen LogP contribution in [0.4, 0.5) is 5.69 Å². The van der Waals surface area contributed by atoms with E-state index in [1.165, 1.54) is 6.07 Å². The van der Waals surface area contributed by atoms with E-state index >= 15 is 0 Å². The van der Waals surface area contributed by atoms with Crippen molar-refractivity contribution in [3.05, 3.63) is 57.9 Å². The quantitative estimate of drug-likeness (QED) is 0.606. The number of aromatic nitrogens is 2. The molecular weight excluding hydrogens is 220 g/mol. The van der Waals surface area contributed by atoms with E-state index in [2.05, 4.69) is 15.5 Å². The van der Waals surface area contributed by atoms with Gasteiger partial charge in [-0.1, -0.05) is 12.1 Å². The Balaban J connectivity index is 1.90. The zero-order chi connectivity index (χ0) is 12.1. The minimum atomic E-state index is -0.389. The second kappa shape index (κ2) is 5.22. The molecule has 0 aliphatic rings. The molecule has 1 aromatic carbocycles. The van der Waals surface area contributed by atoms with E-state index < -0.39 is 0 Å². The number of H-pyrrole nitrogens is 1. The van der Waals surface area contributed by atoms with Crippen molar-refractivity contribution < 1.29 is 4.92 Å². The lowest BCUT2D eigenvalue weighted by Crippen LogP contribution is -2.12. The standard InChI is InChI=1S/C11H12N4O2/c16-15(17)11-3-1-2-9(4-11)5-12-6-10-7-13-14-8-10/h1-4,7-8,12H,5-6H2,(H,13,14). The number of nitro groups is 1. The van der Waals surface area contributed by atoms with Gasteiger partial charge in [-0.15, -0.1) is 0 Å². The highest BCUT2D eigenvalue weighted by molar-refractivity contribution is 5.34. The van der Waals surface area contributed by atoms with Gasteiger partial charge in [0.05, 0.1) is 11.1 Å². The fourth-order valence-electron chi connectivity index (χ4n) is 1.51. The Morgan fingerprint density at radius 1 is 1.35 bits per heavy atom. The molecule has 0 saturated heterocycles. The van der Waals surface area contributed by atoms with Crippen LogP contribution in [-0.4, -0.2) is 15.1 Å². The molecule has 0 bridgehead atoms. The summed E-state index contributed by atoms with van der Waals surface area (Å²) in [6, 6.07) is 6.60. The van der Waals surface area contributed by atoms with Gasteiger partial charge in [-0.2, -0.15) is 5.10 Å². The fourth-order valence-corrected chi connectivity index (χ4v) is 1.51. The molecule has 1 aromatic heterocycles. The van der Waals surface area contributed by atoms with E-state index in [0.717, 1.165) is 11.1 Å².